The van der Waals surface area contributed by atoms with E-state index in [-0.39, 0.29) is 17.3 Å². The molecule has 0 bridgehead atoms. The maximum Gasteiger partial charge on any atom is 0.317 e. The van der Waals surface area contributed by atoms with E-state index >= 15 is 0 Å². The molecule has 1 aliphatic carbocycles. The summed E-state index contributed by atoms with van der Waals surface area (Å²) in [6.07, 6.45) is 7.07. The van der Waals surface area contributed by atoms with Crippen LogP contribution in [0.1, 0.15) is 48.8 Å². The van der Waals surface area contributed by atoms with E-state index < -0.39 is 9.84 Å². The number of sulfone groups is 1. The molecule has 1 aromatic rings. The average molecular weight is 391 g/mol. The van der Waals surface area contributed by atoms with Crippen molar-refractivity contribution in [1.29, 1.82) is 0 Å². The standard InChI is InChI=1S/C21H30N2O3S/c1-15-12-16(2)14-18(13-15)17-8-10-23(11-9-17)21(24)22-19-4-6-20(7-5-19)27(3,25)26/h8,12-14,19-20H,4-7,9-11H2,1-3H3,(H,22,24). The lowest BCUT2D eigenvalue weighted by Gasteiger charge is -2.32. The Morgan fingerprint density at radius 1 is 1.07 bits per heavy atom. The van der Waals surface area contributed by atoms with Gasteiger partial charge in [-0.05, 0) is 57.1 Å². The van der Waals surface area contributed by atoms with Crippen molar-refractivity contribution in [1.82, 2.24) is 10.2 Å². The lowest BCUT2D eigenvalue weighted by atomic mass is 9.95. The first kappa shape index (κ1) is 19.9. The number of rotatable bonds is 3. The number of amides is 2. The SMILES string of the molecule is Cc1cc(C)cc(C2=CCN(C(=O)NC3CCC(S(C)(=O)=O)CC3)CC2)c1. The smallest absolute Gasteiger partial charge is 0.317 e. The fourth-order valence-electron chi connectivity index (χ4n) is 4.18. The lowest BCUT2D eigenvalue weighted by Crippen LogP contribution is -2.48. The number of hydrogen-bond acceptors (Lipinski definition) is 3. The predicted molar refractivity (Wildman–Crippen MR) is 110 cm³/mol. The number of carbonyl (C=O) groups is 1. The van der Waals surface area contributed by atoms with E-state index in [0.717, 1.165) is 19.3 Å². The van der Waals surface area contributed by atoms with E-state index in [1.807, 2.05) is 4.90 Å². The van der Waals surface area contributed by atoms with Crippen LogP contribution >= 0.6 is 0 Å². The van der Waals surface area contributed by atoms with Crippen LogP contribution in [0.2, 0.25) is 0 Å². The molecule has 148 valence electrons. The van der Waals surface area contributed by atoms with Crippen LogP contribution in [0, 0.1) is 13.8 Å². The van der Waals surface area contributed by atoms with Crippen LogP contribution in [-0.4, -0.2) is 50.0 Å². The van der Waals surface area contributed by atoms with Gasteiger partial charge in [-0.15, -0.1) is 0 Å². The van der Waals surface area contributed by atoms with Crippen LogP contribution in [0.5, 0.6) is 0 Å². The van der Waals surface area contributed by atoms with Crippen molar-refractivity contribution in [3.8, 4) is 0 Å². The zero-order chi connectivity index (χ0) is 19.6. The van der Waals surface area contributed by atoms with E-state index in [9.17, 15) is 13.2 Å². The summed E-state index contributed by atoms with van der Waals surface area (Å²) >= 11 is 0. The predicted octanol–water partition coefficient (Wildman–Crippen LogP) is 3.46. The first-order valence-corrected chi connectivity index (χ1v) is 11.7. The molecule has 1 heterocycles. The minimum atomic E-state index is -2.97. The number of benzene rings is 1. The van der Waals surface area contributed by atoms with Gasteiger partial charge in [-0.2, -0.15) is 0 Å². The van der Waals surface area contributed by atoms with Crippen LogP contribution in [0.15, 0.2) is 24.3 Å². The Labute approximate surface area is 162 Å². The summed E-state index contributed by atoms with van der Waals surface area (Å²) in [6, 6.07) is 6.63. The monoisotopic (exact) mass is 390 g/mol. The summed E-state index contributed by atoms with van der Waals surface area (Å²) in [4.78, 5) is 14.4. The van der Waals surface area contributed by atoms with Gasteiger partial charge in [0.25, 0.3) is 0 Å². The summed E-state index contributed by atoms with van der Waals surface area (Å²) in [7, 11) is -2.97. The second-order valence-corrected chi connectivity index (χ2v) is 10.4. The van der Waals surface area contributed by atoms with Crippen LogP contribution < -0.4 is 5.32 Å². The number of carbonyl (C=O) groups excluding carboxylic acids is 1. The molecule has 6 heteroatoms. The highest BCUT2D eigenvalue weighted by Crippen LogP contribution is 2.26. The molecule has 0 saturated heterocycles. The number of nitrogens with zero attached hydrogens (tertiary/aromatic N) is 1. The third-order valence-electron chi connectivity index (χ3n) is 5.70. The van der Waals surface area contributed by atoms with Crippen LogP contribution in [0.4, 0.5) is 4.79 Å². The highest BCUT2D eigenvalue weighted by Gasteiger charge is 2.29. The molecule has 2 aliphatic rings. The van der Waals surface area contributed by atoms with Crippen molar-refractivity contribution in [2.45, 2.75) is 57.2 Å². The van der Waals surface area contributed by atoms with Gasteiger partial charge in [0, 0.05) is 25.4 Å². The fraction of sp³-hybridized carbons (Fsp3) is 0.571. The molecule has 27 heavy (non-hydrogen) atoms. The van der Waals surface area contributed by atoms with E-state index in [0.29, 0.717) is 25.9 Å². The van der Waals surface area contributed by atoms with Crippen molar-refractivity contribution in [2.75, 3.05) is 19.3 Å². The number of hydrogen-bond donors (Lipinski definition) is 1. The molecule has 1 N–H and O–H groups in total. The first-order chi connectivity index (χ1) is 12.7. The largest absolute Gasteiger partial charge is 0.335 e. The minimum absolute atomic E-state index is 0.0338. The topological polar surface area (TPSA) is 66.5 Å². The molecule has 0 unspecified atom stereocenters. The Morgan fingerprint density at radius 3 is 2.22 bits per heavy atom. The Kier molecular flexibility index (Phi) is 5.94. The van der Waals surface area contributed by atoms with Crippen molar-refractivity contribution in [3.05, 3.63) is 41.0 Å². The van der Waals surface area contributed by atoms with Crippen LogP contribution in [0.3, 0.4) is 0 Å². The summed E-state index contributed by atoms with van der Waals surface area (Å²) < 4.78 is 23.3. The molecule has 1 aromatic carbocycles. The number of nitrogens with one attached hydrogen (secondary N) is 1. The van der Waals surface area contributed by atoms with Crippen molar-refractivity contribution in [3.63, 3.8) is 0 Å². The minimum Gasteiger partial charge on any atom is -0.335 e. The molecular weight excluding hydrogens is 360 g/mol. The Hall–Kier alpha value is -1.82. The summed E-state index contributed by atoms with van der Waals surface area (Å²) in [5.41, 5.74) is 5.08. The maximum absolute atomic E-state index is 12.6. The van der Waals surface area contributed by atoms with Gasteiger partial charge in [0.05, 0.1) is 5.25 Å². The molecule has 0 radical (unpaired) electrons. The number of aryl methyl sites for hydroxylation is 2. The van der Waals surface area contributed by atoms with Gasteiger partial charge in [0.15, 0.2) is 0 Å². The van der Waals surface area contributed by atoms with Gasteiger partial charge in [-0.3, -0.25) is 0 Å². The van der Waals surface area contributed by atoms with E-state index in [2.05, 4.69) is 43.4 Å². The molecule has 0 aromatic heterocycles. The fourth-order valence-corrected chi connectivity index (χ4v) is 5.31. The molecule has 1 aliphatic heterocycles. The second-order valence-electron chi connectivity index (χ2n) is 8.05. The normalized spacial score (nSPS) is 23.7. The molecule has 0 atom stereocenters. The maximum atomic E-state index is 12.6. The summed E-state index contributed by atoms with van der Waals surface area (Å²) in [5.74, 6) is 0. The van der Waals surface area contributed by atoms with Gasteiger partial charge in [0.1, 0.15) is 9.84 Å². The molecule has 0 spiro atoms. The third-order valence-corrected chi connectivity index (χ3v) is 7.38. The quantitative estimate of drug-likeness (QED) is 0.859. The van der Waals surface area contributed by atoms with Crippen molar-refractivity contribution in [2.24, 2.45) is 0 Å². The van der Waals surface area contributed by atoms with Gasteiger partial charge in [-0.25, -0.2) is 13.2 Å². The van der Waals surface area contributed by atoms with E-state index in [4.69, 9.17) is 0 Å². The molecule has 2 amide bonds. The summed E-state index contributed by atoms with van der Waals surface area (Å²) in [5, 5.41) is 2.85. The third kappa shape index (κ3) is 5.12. The Morgan fingerprint density at radius 2 is 1.70 bits per heavy atom. The Balaban J connectivity index is 1.53. The molecule has 1 fully saturated rings. The Bertz CT molecular complexity index is 817. The molecular formula is C21H30N2O3S. The average Bonchev–Trinajstić information content (AvgIpc) is 2.61. The lowest BCUT2D eigenvalue weighted by molar-refractivity contribution is 0.195. The van der Waals surface area contributed by atoms with E-state index in [1.54, 1.807) is 0 Å². The highest BCUT2D eigenvalue weighted by molar-refractivity contribution is 7.91. The number of urea groups is 1. The van der Waals surface area contributed by atoms with Gasteiger partial charge in [0.2, 0.25) is 0 Å². The zero-order valence-electron chi connectivity index (χ0n) is 16.5. The van der Waals surface area contributed by atoms with Crippen LogP contribution in [0.25, 0.3) is 5.57 Å². The second kappa shape index (κ2) is 8.05. The van der Waals surface area contributed by atoms with Gasteiger partial charge in [-0.1, -0.05) is 35.4 Å². The van der Waals surface area contributed by atoms with Crippen molar-refractivity contribution >= 4 is 21.4 Å². The zero-order valence-corrected chi connectivity index (χ0v) is 17.3. The van der Waals surface area contributed by atoms with Gasteiger partial charge >= 0.3 is 6.03 Å². The van der Waals surface area contributed by atoms with E-state index in [1.165, 1.54) is 28.5 Å². The molecule has 5 nitrogen and oxygen atoms in total. The van der Waals surface area contributed by atoms with Crippen molar-refractivity contribution < 1.29 is 13.2 Å². The van der Waals surface area contributed by atoms with Gasteiger partial charge < -0.3 is 10.2 Å². The van der Waals surface area contributed by atoms with Crippen LogP contribution in [-0.2, 0) is 9.84 Å². The highest BCUT2D eigenvalue weighted by atomic mass is 32.2. The summed E-state index contributed by atoms with van der Waals surface area (Å²) in [6.45, 7) is 5.55. The molecule has 3 rings (SSSR count). The first-order valence-electron chi connectivity index (χ1n) is 9.74. The molecule has 1 saturated carbocycles.